The number of para-hydroxylation sites is 1. The molecule has 1 aliphatic carbocycles. The minimum atomic E-state index is -0.155. The molecule has 65 heavy (non-hydrogen) atoms. The van der Waals surface area contributed by atoms with Gasteiger partial charge in [-0.1, -0.05) is 202 Å². The lowest BCUT2D eigenvalue weighted by atomic mass is 9.82. The molecule has 12 aromatic rings. The Morgan fingerprint density at radius 1 is 0.338 bits per heavy atom. The fourth-order valence-corrected chi connectivity index (χ4v) is 12.3. The maximum atomic E-state index is 2.51. The molecule has 1 nitrogen and oxygen atoms in total. The Bertz CT molecular complexity index is 3990. The van der Waals surface area contributed by atoms with E-state index in [1.165, 1.54) is 107 Å². The normalized spacial score (nSPS) is 12.9. The van der Waals surface area contributed by atoms with Crippen molar-refractivity contribution in [2.75, 3.05) is 4.90 Å². The molecule has 0 bridgehead atoms. The summed E-state index contributed by atoms with van der Waals surface area (Å²) in [4.78, 5) is 2.51. The van der Waals surface area contributed by atoms with E-state index in [-0.39, 0.29) is 5.41 Å². The molecule has 0 atom stereocenters. The largest absolute Gasteiger partial charge is 0.310 e. The number of rotatable bonds is 4. The molecule has 0 unspecified atom stereocenters. The maximum Gasteiger partial charge on any atom is 0.0540 e. The van der Waals surface area contributed by atoms with Crippen LogP contribution in [-0.4, -0.2) is 0 Å². The average molecular weight is 846 g/mol. The summed E-state index contributed by atoms with van der Waals surface area (Å²) in [5, 5.41) is 14.9. The third-order valence-corrected chi connectivity index (χ3v) is 15.3. The van der Waals surface area contributed by atoms with Crippen LogP contribution in [-0.2, 0) is 5.41 Å². The van der Waals surface area contributed by atoms with Crippen LogP contribution in [0.4, 0.5) is 17.1 Å². The van der Waals surface area contributed by atoms with E-state index < -0.39 is 0 Å². The van der Waals surface area contributed by atoms with Crippen molar-refractivity contribution in [1.29, 1.82) is 0 Å². The van der Waals surface area contributed by atoms with Gasteiger partial charge < -0.3 is 4.90 Å². The quantitative estimate of drug-likeness (QED) is 0.171. The molecule has 0 saturated heterocycles. The number of benzene rings is 10. The van der Waals surface area contributed by atoms with Gasteiger partial charge in [-0.15, -0.1) is 11.3 Å². The molecule has 11 aromatic carbocycles. The van der Waals surface area contributed by atoms with Crippen LogP contribution in [0.1, 0.15) is 25.0 Å². The van der Waals surface area contributed by atoms with Crippen molar-refractivity contribution in [3.63, 3.8) is 0 Å². The third kappa shape index (κ3) is 5.77. The Morgan fingerprint density at radius 2 is 0.815 bits per heavy atom. The molecule has 1 aliphatic rings. The number of thiophene rings is 1. The van der Waals surface area contributed by atoms with Gasteiger partial charge in [0.2, 0.25) is 0 Å². The number of hydrogen-bond donors (Lipinski definition) is 0. The zero-order chi connectivity index (χ0) is 43.2. The van der Waals surface area contributed by atoms with E-state index in [9.17, 15) is 0 Å². The molecular formula is C63H43NS. The highest BCUT2D eigenvalue weighted by atomic mass is 32.1. The summed E-state index contributed by atoms with van der Waals surface area (Å²) in [5.74, 6) is 0. The maximum absolute atomic E-state index is 2.51. The first-order chi connectivity index (χ1) is 32.0. The minimum absolute atomic E-state index is 0.155. The standard InChI is InChI=1S/C63H43NS/c1-63(2)57-29-15-12-26-50(57)51-35-33-42(39-58(51)63)64(59-30-16-13-20-43(59)40-18-4-3-5-19-40)41-32-34-49-47-24-9-7-22-45(47)44-21-6-8-23-46(44)48-25-10-11-28-53(48)61-54(56(49)38-41)36-37-55-52-27-14-17-31-60(52)65-62(55)61/h3-39H,1-2H3. The summed E-state index contributed by atoms with van der Waals surface area (Å²) in [6.07, 6.45) is 0. The van der Waals surface area contributed by atoms with Crippen LogP contribution in [0.15, 0.2) is 224 Å². The molecule has 0 radical (unpaired) electrons. The van der Waals surface area contributed by atoms with E-state index in [0.29, 0.717) is 0 Å². The first-order valence-electron chi connectivity index (χ1n) is 22.6. The van der Waals surface area contributed by atoms with Gasteiger partial charge in [0.25, 0.3) is 0 Å². The van der Waals surface area contributed by atoms with E-state index >= 15 is 0 Å². The van der Waals surface area contributed by atoms with Crippen LogP contribution < -0.4 is 4.90 Å². The van der Waals surface area contributed by atoms with Gasteiger partial charge in [0.1, 0.15) is 0 Å². The Morgan fingerprint density at radius 3 is 1.54 bits per heavy atom. The van der Waals surface area contributed by atoms with Crippen molar-refractivity contribution in [3.8, 4) is 22.3 Å². The lowest BCUT2D eigenvalue weighted by Gasteiger charge is -2.30. The fourth-order valence-electron chi connectivity index (χ4n) is 11.0. The highest BCUT2D eigenvalue weighted by Gasteiger charge is 2.36. The van der Waals surface area contributed by atoms with Gasteiger partial charge in [0.15, 0.2) is 0 Å². The van der Waals surface area contributed by atoms with Crippen LogP contribution in [0, 0.1) is 0 Å². The number of hydrogen-bond acceptors (Lipinski definition) is 2. The lowest BCUT2D eigenvalue weighted by molar-refractivity contribution is 0.660. The van der Waals surface area contributed by atoms with Gasteiger partial charge in [-0.25, -0.2) is 0 Å². The Kier molecular flexibility index (Phi) is 8.50. The summed E-state index contributed by atoms with van der Waals surface area (Å²) in [6.45, 7) is 4.75. The summed E-state index contributed by atoms with van der Waals surface area (Å²) in [5.41, 5.74) is 10.9. The van der Waals surface area contributed by atoms with Crippen molar-refractivity contribution in [3.05, 3.63) is 236 Å². The minimum Gasteiger partial charge on any atom is -0.310 e. The topological polar surface area (TPSA) is 3.24 Å². The van der Waals surface area contributed by atoms with Gasteiger partial charge >= 0.3 is 0 Å². The Labute approximate surface area is 382 Å². The summed E-state index contributed by atoms with van der Waals surface area (Å²) >= 11 is 1.91. The molecular weight excluding hydrogens is 803 g/mol. The number of fused-ring (bicyclic) bond motifs is 17. The second kappa shape index (κ2) is 14.6. The van der Waals surface area contributed by atoms with Crippen molar-refractivity contribution < 1.29 is 0 Å². The highest BCUT2D eigenvalue weighted by Crippen LogP contribution is 2.52. The second-order valence-electron chi connectivity index (χ2n) is 17.9. The van der Waals surface area contributed by atoms with Crippen molar-refractivity contribution >= 4 is 102 Å². The summed E-state index contributed by atoms with van der Waals surface area (Å²) in [6, 6.07) is 83.8. The Hall–Kier alpha value is -7.78. The first-order valence-corrected chi connectivity index (χ1v) is 23.4. The Balaban J connectivity index is 1.21. The molecule has 0 N–H and O–H groups in total. The van der Waals surface area contributed by atoms with Gasteiger partial charge in [-0.05, 0) is 113 Å². The van der Waals surface area contributed by atoms with Gasteiger partial charge in [-0.2, -0.15) is 0 Å². The van der Waals surface area contributed by atoms with E-state index in [0.717, 1.165) is 17.1 Å². The summed E-state index contributed by atoms with van der Waals surface area (Å²) < 4.78 is 2.61. The SMILES string of the molecule is CC1(C)c2ccccc2-c2ccc(N(c3ccc4c5ccccc5c5ccccc5c5ccccc5c5c(ccc6c7ccccc7sc65)c4c3)c3ccccc3-c3ccccc3)cc21. The van der Waals surface area contributed by atoms with Gasteiger partial charge in [-0.3, -0.25) is 0 Å². The van der Waals surface area contributed by atoms with Crippen LogP contribution >= 0.6 is 11.3 Å². The van der Waals surface area contributed by atoms with E-state index in [1.54, 1.807) is 0 Å². The molecule has 1 aromatic heterocycles. The van der Waals surface area contributed by atoms with E-state index in [1.807, 2.05) is 11.3 Å². The molecule has 0 aliphatic heterocycles. The summed E-state index contributed by atoms with van der Waals surface area (Å²) in [7, 11) is 0. The molecule has 0 spiro atoms. The van der Waals surface area contributed by atoms with Crippen LogP contribution in [0.25, 0.3) is 96.3 Å². The molecule has 2 heteroatoms. The monoisotopic (exact) mass is 845 g/mol. The second-order valence-corrected chi connectivity index (χ2v) is 19.0. The molecule has 1 heterocycles. The first kappa shape index (κ1) is 37.7. The van der Waals surface area contributed by atoms with E-state index in [2.05, 4.69) is 243 Å². The van der Waals surface area contributed by atoms with Gasteiger partial charge in [0.05, 0.1) is 5.69 Å². The van der Waals surface area contributed by atoms with Crippen molar-refractivity contribution in [1.82, 2.24) is 0 Å². The van der Waals surface area contributed by atoms with Crippen LogP contribution in [0.2, 0.25) is 0 Å². The van der Waals surface area contributed by atoms with Crippen molar-refractivity contribution in [2.45, 2.75) is 19.3 Å². The molecule has 0 fully saturated rings. The van der Waals surface area contributed by atoms with Gasteiger partial charge in [0, 0.05) is 47.9 Å². The zero-order valence-corrected chi connectivity index (χ0v) is 37.0. The average Bonchev–Trinajstić information content (AvgIpc) is 3.85. The molecule has 0 saturated carbocycles. The van der Waals surface area contributed by atoms with Crippen LogP contribution in [0.3, 0.4) is 0 Å². The molecule has 13 rings (SSSR count). The zero-order valence-electron chi connectivity index (χ0n) is 36.2. The smallest absolute Gasteiger partial charge is 0.0540 e. The predicted molar refractivity (Wildman–Crippen MR) is 282 cm³/mol. The highest BCUT2D eigenvalue weighted by molar-refractivity contribution is 7.26. The molecule has 306 valence electrons. The number of nitrogens with zero attached hydrogens (tertiary/aromatic N) is 1. The third-order valence-electron chi connectivity index (χ3n) is 14.1. The molecule has 0 amide bonds. The number of anilines is 3. The van der Waals surface area contributed by atoms with E-state index in [4.69, 9.17) is 0 Å². The fraction of sp³-hybridized carbons (Fsp3) is 0.0476. The van der Waals surface area contributed by atoms with Crippen molar-refractivity contribution in [2.24, 2.45) is 0 Å². The predicted octanol–water partition coefficient (Wildman–Crippen LogP) is 18.4. The lowest BCUT2D eigenvalue weighted by Crippen LogP contribution is -2.16. The van der Waals surface area contributed by atoms with Crippen LogP contribution in [0.5, 0.6) is 0 Å².